The van der Waals surface area contributed by atoms with Crippen LogP contribution in [0.4, 0.5) is 0 Å². The average Bonchev–Trinajstić information content (AvgIpc) is 3.14. The van der Waals surface area contributed by atoms with Crippen molar-refractivity contribution in [2.75, 3.05) is 0 Å². The van der Waals surface area contributed by atoms with Crippen molar-refractivity contribution < 1.29 is 5.11 Å². The standard InChI is InChI=1S/C16H13N5O/c1-20-7-6-13(19-20)14-10-21-15(8-18-16(21)9-17-14)11-2-4-12(22)5-3-11/h2-10,22H,1H3. The van der Waals surface area contributed by atoms with E-state index in [1.807, 2.05) is 42.0 Å². The summed E-state index contributed by atoms with van der Waals surface area (Å²) in [6, 6.07) is 8.97. The van der Waals surface area contributed by atoms with E-state index < -0.39 is 0 Å². The topological polar surface area (TPSA) is 68.2 Å². The number of nitrogens with zero attached hydrogens (tertiary/aromatic N) is 5. The maximum Gasteiger partial charge on any atom is 0.155 e. The van der Waals surface area contributed by atoms with Gasteiger partial charge in [-0.2, -0.15) is 5.10 Å². The van der Waals surface area contributed by atoms with Crippen molar-refractivity contribution in [3.05, 3.63) is 55.1 Å². The van der Waals surface area contributed by atoms with Crippen molar-refractivity contribution in [3.63, 3.8) is 0 Å². The summed E-state index contributed by atoms with van der Waals surface area (Å²) in [5, 5.41) is 13.8. The van der Waals surface area contributed by atoms with Gasteiger partial charge in [0, 0.05) is 25.0 Å². The molecule has 0 amide bonds. The van der Waals surface area contributed by atoms with Crippen molar-refractivity contribution >= 4 is 5.65 Å². The zero-order valence-corrected chi connectivity index (χ0v) is 11.9. The summed E-state index contributed by atoms with van der Waals surface area (Å²) >= 11 is 0. The minimum atomic E-state index is 0.244. The lowest BCUT2D eigenvalue weighted by Gasteiger charge is -2.04. The molecule has 0 aliphatic heterocycles. The number of aromatic nitrogens is 5. The number of benzene rings is 1. The number of aromatic hydroxyl groups is 1. The summed E-state index contributed by atoms with van der Waals surface area (Å²) in [6.07, 6.45) is 7.34. The summed E-state index contributed by atoms with van der Waals surface area (Å²) in [6.45, 7) is 0. The van der Waals surface area contributed by atoms with E-state index in [1.54, 1.807) is 29.2 Å². The molecule has 0 aliphatic carbocycles. The first-order valence-electron chi connectivity index (χ1n) is 6.83. The molecule has 6 heteroatoms. The molecule has 0 saturated heterocycles. The van der Waals surface area contributed by atoms with Crippen LogP contribution in [0.3, 0.4) is 0 Å². The summed E-state index contributed by atoms with van der Waals surface area (Å²) < 4.78 is 3.72. The van der Waals surface area contributed by atoms with Gasteiger partial charge in [0.2, 0.25) is 0 Å². The molecule has 22 heavy (non-hydrogen) atoms. The monoisotopic (exact) mass is 291 g/mol. The van der Waals surface area contributed by atoms with Gasteiger partial charge in [0.05, 0.1) is 18.1 Å². The van der Waals surface area contributed by atoms with Gasteiger partial charge in [0.15, 0.2) is 5.65 Å². The minimum absolute atomic E-state index is 0.244. The number of hydrogen-bond donors (Lipinski definition) is 1. The zero-order chi connectivity index (χ0) is 15.1. The maximum atomic E-state index is 9.42. The first kappa shape index (κ1) is 12.6. The maximum absolute atomic E-state index is 9.42. The van der Waals surface area contributed by atoms with Crippen LogP contribution in [0.25, 0.3) is 28.3 Å². The van der Waals surface area contributed by atoms with Gasteiger partial charge in [0.1, 0.15) is 17.1 Å². The molecule has 4 rings (SSSR count). The Balaban J connectivity index is 1.88. The lowest BCUT2D eigenvalue weighted by molar-refractivity contribution is 0.475. The van der Waals surface area contributed by atoms with Crippen LogP contribution >= 0.6 is 0 Å². The number of fused-ring (bicyclic) bond motifs is 1. The van der Waals surface area contributed by atoms with Gasteiger partial charge in [-0.1, -0.05) is 0 Å². The molecule has 0 atom stereocenters. The SMILES string of the molecule is Cn1ccc(-c2cn3c(-c4ccc(O)cc4)cnc3cn2)n1. The van der Waals surface area contributed by atoms with E-state index in [4.69, 9.17) is 0 Å². The molecular formula is C16H13N5O. The predicted molar refractivity (Wildman–Crippen MR) is 82.3 cm³/mol. The molecule has 3 heterocycles. The predicted octanol–water partition coefficient (Wildman–Crippen LogP) is 2.50. The third-order valence-corrected chi connectivity index (χ3v) is 3.54. The number of phenols is 1. The fourth-order valence-electron chi connectivity index (χ4n) is 2.42. The molecule has 0 spiro atoms. The van der Waals surface area contributed by atoms with Crippen molar-refractivity contribution in [2.24, 2.45) is 7.05 Å². The molecule has 6 nitrogen and oxygen atoms in total. The molecule has 0 saturated carbocycles. The summed E-state index contributed by atoms with van der Waals surface area (Å²) in [5.74, 6) is 0.244. The van der Waals surface area contributed by atoms with Gasteiger partial charge in [0.25, 0.3) is 0 Å². The average molecular weight is 291 g/mol. The summed E-state index contributed by atoms with van der Waals surface area (Å²) in [7, 11) is 1.88. The number of rotatable bonds is 2. The molecule has 0 unspecified atom stereocenters. The molecule has 0 fully saturated rings. The van der Waals surface area contributed by atoms with Crippen LogP contribution in [0.1, 0.15) is 0 Å². The number of aryl methyl sites for hydroxylation is 1. The van der Waals surface area contributed by atoms with Crippen LogP contribution in [0, 0.1) is 0 Å². The molecular weight excluding hydrogens is 278 g/mol. The van der Waals surface area contributed by atoms with Crippen LogP contribution in [0.5, 0.6) is 5.75 Å². The first-order valence-corrected chi connectivity index (χ1v) is 6.83. The summed E-state index contributed by atoms with van der Waals surface area (Å²) in [5.41, 5.74) is 4.28. The van der Waals surface area contributed by atoms with Crippen molar-refractivity contribution in [1.82, 2.24) is 24.1 Å². The number of imidazole rings is 1. The molecule has 1 N–H and O–H groups in total. The third kappa shape index (κ3) is 2.01. The Morgan fingerprint density at radius 1 is 0.955 bits per heavy atom. The van der Waals surface area contributed by atoms with Crippen LogP contribution in [0.15, 0.2) is 55.1 Å². The van der Waals surface area contributed by atoms with Crippen LogP contribution < -0.4 is 0 Å². The van der Waals surface area contributed by atoms with Gasteiger partial charge in [-0.25, -0.2) is 9.97 Å². The molecule has 4 aromatic rings. The second kappa shape index (κ2) is 4.70. The van der Waals surface area contributed by atoms with Crippen LogP contribution in [-0.4, -0.2) is 29.3 Å². The molecule has 1 aromatic carbocycles. The molecule has 108 valence electrons. The molecule has 0 aliphatic rings. The second-order valence-corrected chi connectivity index (χ2v) is 5.07. The van der Waals surface area contributed by atoms with E-state index in [1.165, 1.54) is 0 Å². The highest BCUT2D eigenvalue weighted by molar-refractivity contribution is 5.65. The molecule has 3 aromatic heterocycles. The Bertz CT molecular complexity index is 952. The van der Waals surface area contributed by atoms with Gasteiger partial charge in [-0.3, -0.25) is 9.08 Å². The first-order chi connectivity index (χ1) is 10.7. The van der Waals surface area contributed by atoms with Crippen molar-refractivity contribution in [1.29, 1.82) is 0 Å². The van der Waals surface area contributed by atoms with E-state index in [0.29, 0.717) is 0 Å². The zero-order valence-electron chi connectivity index (χ0n) is 11.9. The van der Waals surface area contributed by atoms with E-state index in [2.05, 4.69) is 15.1 Å². The Hall–Kier alpha value is -3.15. The molecule has 0 radical (unpaired) electrons. The quantitative estimate of drug-likeness (QED) is 0.616. The van der Waals surface area contributed by atoms with E-state index in [9.17, 15) is 5.11 Å². The summed E-state index contributed by atoms with van der Waals surface area (Å²) in [4.78, 5) is 8.78. The highest BCUT2D eigenvalue weighted by Gasteiger charge is 2.09. The van der Waals surface area contributed by atoms with Gasteiger partial charge in [-0.05, 0) is 30.3 Å². The van der Waals surface area contributed by atoms with E-state index in [-0.39, 0.29) is 5.75 Å². The van der Waals surface area contributed by atoms with E-state index in [0.717, 1.165) is 28.3 Å². The highest BCUT2D eigenvalue weighted by Crippen LogP contribution is 2.24. The number of hydrogen-bond acceptors (Lipinski definition) is 4. The fourth-order valence-corrected chi connectivity index (χ4v) is 2.42. The fraction of sp³-hybridized carbons (Fsp3) is 0.0625. The van der Waals surface area contributed by atoms with Gasteiger partial charge < -0.3 is 5.11 Å². The Kier molecular flexibility index (Phi) is 2.69. The normalized spacial score (nSPS) is 11.1. The smallest absolute Gasteiger partial charge is 0.155 e. The van der Waals surface area contributed by atoms with Crippen molar-refractivity contribution in [2.45, 2.75) is 0 Å². The third-order valence-electron chi connectivity index (χ3n) is 3.54. The van der Waals surface area contributed by atoms with Crippen LogP contribution in [0.2, 0.25) is 0 Å². The van der Waals surface area contributed by atoms with Crippen LogP contribution in [-0.2, 0) is 7.05 Å². The Labute approximate surface area is 126 Å². The Morgan fingerprint density at radius 2 is 1.77 bits per heavy atom. The lowest BCUT2D eigenvalue weighted by Crippen LogP contribution is -1.94. The lowest BCUT2D eigenvalue weighted by atomic mass is 10.1. The largest absolute Gasteiger partial charge is 0.508 e. The molecule has 0 bridgehead atoms. The Morgan fingerprint density at radius 3 is 2.50 bits per heavy atom. The highest BCUT2D eigenvalue weighted by atomic mass is 16.3. The van der Waals surface area contributed by atoms with Crippen molar-refractivity contribution in [3.8, 4) is 28.4 Å². The minimum Gasteiger partial charge on any atom is -0.508 e. The second-order valence-electron chi connectivity index (χ2n) is 5.07. The van der Waals surface area contributed by atoms with Gasteiger partial charge >= 0.3 is 0 Å². The number of phenolic OH excluding ortho intramolecular Hbond substituents is 1. The van der Waals surface area contributed by atoms with Gasteiger partial charge in [-0.15, -0.1) is 0 Å². The van der Waals surface area contributed by atoms with E-state index >= 15 is 0 Å².